The second kappa shape index (κ2) is 9.46. The molecule has 2 aromatic carbocycles. The second-order valence-corrected chi connectivity index (χ2v) is 8.62. The molecular weight excluding hydrogens is 410 g/mol. The summed E-state index contributed by atoms with van der Waals surface area (Å²) < 4.78 is 8.22. The standard InChI is InChI=1S/C27H29N5O/c1-19(20-9-5-3-6-10-20)14-29-26(21-11-7-4-8-12-21)25-17-28-24-13-22(15-30-27(24)33-25)23-16-31-32(2)18-23/h3-13,15-16,18-19,25-26,28-29H,14,17H2,1-2H3/t19-,25-,26+/m0/s1. The maximum absolute atomic E-state index is 6.43. The van der Waals surface area contributed by atoms with Crippen molar-refractivity contribution in [3.8, 4) is 17.0 Å². The molecular formula is C27H29N5O. The van der Waals surface area contributed by atoms with Crippen LogP contribution in [0.2, 0.25) is 0 Å². The highest BCUT2D eigenvalue weighted by atomic mass is 16.5. The summed E-state index contributed by atoms with van der Waals surface area (Å²) in [6.07, 6.45) is 5.60. The first-order valence-corrected chi connectivity index (χ1v) is 11.4. The molecule has 1 aliphatic rings. The molecule has 33 heavy (non-hydrogen) atoms. The maximum atomic E-state index is 6.43. The molecule has 0 bridgehead atoms. The first-order valence-electron chi connectivity index (χ1n) is 11.4. The third kappa shape index (κ3) is 4.76. The van der Waals surface area contributed by atoms with Crippen molar-refractivity contribution in [1.82, 2.24) is 20.1 Å². The second-order valence-electron chi connectivity index (χ2n) is 8.62. The average Bonchev–Trinajstić information content (AvgIpc) is 3.31. The lowest BCUT2D eigenvalue weighted by atomic mass is 9.97. The van der Waals surface area contributed by atoms with E-state index in [1.54, 1.807) is 4.68 Å². The van der Waals surface area contributed by atoms with Gasteiger partial charge in [-0.1, -0.05) is 67.6 Å². The van der Waals surface area contributed by atoms with Crippen LogP contribution in [0.1, 0.15) is 30.0 Å². The van der Waals surface area contributed by atoms with Crippen LogP contribution in [0.15, 0.2) is 85.3 Å². The van der Waals surface area contributed by atoms with Gasteiger partial charge in [0.1, 0.15) is 6.10 Å². The van der Waals surface area contributed by atoms with Crippen molar-refractivity contribution in [3.05, 3.63) is 96.4 Å². The van der Waals surface area contributed by atoms with Gasteiger partial charge in [-0.25, -0.2) is 4.98 Å². The van der Waals surface area contributed by atoms with E-state index < -0.39 is 0 Å². The van der Waals surface area contributed by atoms with Crippen LogP contribution in [0.25, 0.3) is 11.1 Å². The maximum Gasteiger partial charge on any atom is 0.237 e. The fourth-order valence-electron chi connectivity index (χ4n) is 4.31. The van der Waals surface area contributed by atoms with Crippen molar-refractivity contribution in [1.29, 1.82) is 0 Å². The van der Waals surface area contributed by atoms with Gasteiger partial charge in [-0.05, 0) is 23.1 Å². The van der Waals surface area contributed by atoms with Gasteiger partial charge in [0.15, 0.2) is 0 Å². The molecule has 3 atom stereocenters. The first kappa shape index (κ1) is 21.2. The van der Waals surface area contributed by atoms with E-state index in [4.69, 9.17) is 4.74 Å². The Morgan fingerprint density at radius 2 is 1.76 bits per heavy atom. The number of hydrogen-bond acceptors (Lipinski definition) is 5. The lowest BCUT2D eigenvalue weighted by molar-refractivity contribution is 0.149. The summed E-state index contributed by atoms with van der Waals surface area (Å²) in [4.78, 5) is 4.62. The van der Waals surface area contributed by atoms with Crippen molar-refractivity contribution < 1.29 is 4.74 Å². The van der Waals surface area contributed by atoms with Crippen LogP contribution in [0, 0.1) is 0 Å². The molecule has 0 fully saturated rings. The van der Waals surface area contributed by atoms with Gasteiger partial charge in [-0.15, -0.1) is 0 Å². The Labute approximate surface area is 194 Å². The van der Waals surface area contributed by atoms with Gasteiger partial charge in [0.25, 0.3) is 0 Å². The van der Waals surface area contributed by atoms with E-state index in [-0.39, 0.29) is 12.1 Å². The molecule has 4 aromatic rings. The zero-order chi connectivity index (χ0) is 22.6. The summed E-state index contributed by atoms with van der Waals surface area (Å²) in [5.74, 6) is 1.03. The van der Waals surface area contributed by atoms with E-state index in [0.29, 0.717) is 18.3 Å². The number of ether oxygens (including phenoxy) is 1. The number of anilines is 1. The lowest BCUT2D eigenvalue weighted by Gasteiger charge is -2.34. The number of benzene rings is 2. The Kier molecular flexibility index (Phi) is 6.09. The average molecular weight is 440 g/mol. The molecule has 2 N–H and O–H groups in total. The fourth-order valence-corrected chi connectivity index (χ4v) is 4.31. The highest BCUT2D eigenvalue weighted by molar-refractivity contribution is 5.69. The number of nitrogens with zero attached hydrogens (tertiary/aromatic N) is 3. The van der Waals surface area contributed by atoms with Crippen LogP contribution in [0.3, 0.4) is 0 Å². The van der Waals surface area contributed by atoms with Crippen molar-refractivity contribution in [2.75, 3.05) is 18.4 Å². The van der Waals surface area contributed by atoms with Gasteiger partial charge in [-0.2, -0.15) is 5.10 Å². The van der Waals surface area contributed by atoms with E-state index in [0.717, 1.165) is 23.4 Å². The van der Waals surface area contributed by atoms with Crippen molar-refractivity contribution >= 4 is 5.69 Å². The zero-order valence-electron chi connectivity index (χ0n) is 19.0. The Morgan fingerprint density at radius 3 is 2.45 bits per heavy atom. The molecule has 0 aliphatic carbocycles. The van der Waals surface area contributed by atoms with Gasteiger partial charge in [0.05, 0.1) is 24.5 Å². The summed E-state index contributed by atoms with van der Waals surface area (Å²) in [5, 5.41) is 11.6. The third-order valence-electron chi connectivity index (χ3n) is 6.19. The number of hydrogen-bond donors (Lipinski definition) is 2. The zero-order valence-corrected chi connectivity index (χ0v) is 19.0. The van der Waals surface area contributed by atoms with E-state index in [1.165, 1.54) is 11.1 Å². The lowest BCUT2D eigenvalue weighted by Crippen LogP contribution is -2.43. The van der Waals surface area contributed by atoms with Crippen molar-refractivity contribution in [2.45, 2.75) is 25.0 Å². The molecule has 0 spiro atoms. The van der Waals surface area contributed by atoms with Crippen LogP contribution in [-0.2, 0) is 7.05 Å². The molecule has 2 aromatic heterocycles. The Bertz CT molecular complexity index is 1190. The predicted molar refractivity (Wildman–Crippen MR) is 131 cm³/mol. The van der Waals surface area contributed by atoms with Gasteiger partial charge >= 0.3 is 0 Å². The summed E-state index contributed by atoms with van der Waals surface area (Å²) in [7, 11) is 1.91. The molecule has 3 heterocycles. The number of fused-ring (bicyclic) bond motifs is 1. The van der Waals surface area contributed by atoms with Crippen LogP contribution in [0.5, 0.6) is 5.88 Å². The SMILES string of the molecule is C[C@@H](CN[C@H](c1ccccc1)[C@@H]1CNc2cc(-c3cnn(C)c3)cnc2O1)c1ccccc1. The van der Waals surface area contributed by atoms with Crippen LogP contribution in [-0.4, -0.2) is 34.0 Å². The quantitative estimate of drug-likeness (QED) is 0.434. The van der Waals surface area contributed by atoms with E-state index >= 15 is 0 Å². The van der Waals surface area contributed by atoms with Crippen molar-refractivity contribution in [3.63, 3.8) is 0 Å². The number of rotatable bonds is 7. The number of pyridine rings is 1. The number of aryl methyl sites for hydroxylation is 1. The molecule has 5 rings (SSSR count). The number of nitrogens with one attached hydrogen (secondary N) is 2. The normalized spacial score (nSPS) is 16.8. The van der Waals surface area contributed by atoms with Gasteiger partial charge < -0.3 is 15.4 Å². The highest BCUT2D eigenvalue weighted by Crippen LogP contribution is 2.34. The fraction of sp³-hybridized carbons (Fsp3) is 0.259. The van der Waals surface area contributed by atoms with Crippen LogP contribution >= 0.6 is 0 Å². The van der Waals surface area contributed by atoms with E-state index in [1.807, 2.05) is 31.7 Å². The minimum atomic E-state index is -0.0837. The summed E-state index contributed by atoms with van der Waals surface area (Å²) >= 11 is 0. The molecule has 6 nitrogen and oxygen atoms in total. The van der Waals surface area contributed by atoms with E-state index in [2.05, 4.69) is 88.3 Å². The monoisotopic (exact) mass is 439 g/mol. The minimum Gasteiger partial charge on any atom is -0.469 e. The molecule has 0 unspecified atom stereocenters. The van der Waals surface area contributed by atoms with Crippen LogP contribution < -0.4 is 15.4 Å². The summed E-state index contributed by atoms with van der Waals surface area (Å²) in [6.45, 7) is 3.79. The minimum absolute atomic E-state index is 0.0396. The first-order chi connectivity index (χ1) is 16.2. The van der Waals surface area contributed by atoms with Gasteiger partial charge in [0, 0.05) is 37.1 Å². The smallest absolute Gasteiger partial charge is 0.237 e. The third-order valence-corrected chi connectivity index (χ3v) is 6.19. The molecule has 0 saturated heterocycles. The molecule has 6 heteroatoms. The van der Waals surface area contributed by atoms with E-state index in [9.17, 15) is 0 Å². The molecule has 0 radical (unpaired) electrons. The predicted octanol–water partition coefficient (Wildman–Crippen LogP) is 4.79. The largest absolute Gasteiger partial charge is 0.469 e. The molecule has 168 valence electrons. The van der Waals surface area contributed by atoms with Gasteiger partial charge in [0.2, 0.25) is 5.88 Å². The Hall–Kier alpha value is -3.64. The van der Waals surface area contributed by atoms with Gasteiger partial charge in [-0.3, -0.25) is 4.68 Å². The molecule has 1 aliphatic heterocycles. The molecule has 0 saturated carbocycles. The van der Waals surface area contributed by atoms with Crippen LogP contribution in [0.4, 0.5) is 5.69 Å². The molecule has 0 amide bonds. The number of aromatic nitrogens is 3. The summed E-state index contributed by atoms with van der Waals surface area (Å²) in [5.41, 5.74) is 5.51. The van der Waals surface area contributed by atoms with Crippen molar-refractivity contribution in [2.24, 2.45) is 7.05 Å². The Balaban J connectivity index is 1.34. The summed E-state index contributed by atoms with van der Waals surface area (Å²) in [6, 6.07) is 23.2. The Morgan fingerprint density at radius 1 is 1.03 bits per heavy atom. The topological polar surface area (TPSA) is 64.0 Å². The highest BCUT2D eigenvalue weighted by Gasteiger charge is 2.30.